The molecule has 1 heterocycles. The number of anilines is 2. The number of nitrogens with zero attached hydrogens (tertiary/aromatic N) is 2. The van der Waals surface area contributed by atoms with E-state index in [4.69, 9.17) is 11.6 Å². The summed E-state index contributed by atoms with van der Waals surface area (Å²) in [6.45, 7) is 0.509. The van der Waals surface area contributed by atoms with Crippen LogP contribution in [0.15, 0.2) is 67.0 Å². The fourth-order valence-electron chi connectivity index (χ4n) is 2.08. The molecule has 3 aromatic rings. The summed E-state index contributed by atoms with van der Waals surface area (Å²) in [5.41, 5.74) is 2.07. The van der Waals surface area contributed by atoms with E-state index in [-0.39, 0.29) is 5.91 Å². The lowest BCUT2D eigenvalue weighted by Gasteiger charge is -2.07. The average molecular weight is 339 g/mol. The van der Waals surface area contributed by atoms with Crippen LogP contribution in [0.5, 0.6) is 0 Å². The van der Waals surface area contributed by atoms with E-state index in [0.717, 1.165) is 11.3 Å². The van der Waals surface area contributed by atoms with Gasteiger partial charge in [-0.2, -0.15) is 0 Å². The molecule has 120 valence electrons. The second-order valence-electron chi connectivity index (χ2n) is 5.06. The topological polar surface area (TPSA) is 66.9 Å². The summed E-state index contributed by atoms with van der Waals surface area (Å²) >= 11 is 6.10. The molecule has 0 fully saturated rings. The number of hydrogen-bond acceptors (Lipinski definition) is 4. The molecular formula is C18H15ClN4O. The number of hydrogen-bond donors (Lipinski definition) is 2. The molecule has 2 N–H and O–H groups in total. The first-order valence-corrected chi connectivity index (χ1v) is 7.76. The van der Waals surface area contributed by atoms with Crippen molar-refractivity contribution in [3.8, 4) is 0 Å². The van der Waals surface area contributed by atoms with Crippen LogP contribution in [0.25, 0.3) is 0 Å². The van der Waals surface area contributed by atoms with E-state index < -0.39 is 0 Å². The van der Waals surface area contributed by atoms with Crippen LogP contribution in [0.4, 0.5) is 11.6 Å². The number of carbonyl (C=O) groups is 1. The van der Waals surface area contributed by atoms with E-state index in [1.807, 2.05) is 54.6 Å². The highest BCUT2D eigenvalue weighted by Gasteiger charge is 2.08. The predicted molar refractivity (Wildman–Crippen MR) is 95.2 cm³/mol. The van der Waals surface area contributed by atoms with E-state index in [1.165, 1.54) is 12.4 Å². The Hall–Kier alpha value is -2.92. The van der Waals surface area contributed by atoms with Crippen LogP contribution in [-0.2, 0) is 6.54 Å². The molecule has 6 heteroatoms. The van der Waals surface area contributed by atoms with Gasteiger partial charge in [0.2, 0.25) is 5.95 Å². The van der Waals surface area contributed by atoms with Crippen molar-refractivity contribution in [2.24, 2.45) is 0 Å². The summed E-state index contributed by atoms with van der Waals surface area (Å²) in [5, 5.41) is 6.55. The highest BCUT2D eigenvalue weighted by Crippen LogP contribution is 2.16. The van der Waals surface area contributed by atoms with Gasteiger partial charge in [-0.15, -0.1) is 0 Å². The van der Waals surface area contributed by atoms with Crippen molar-refractivity contribution < 1.29 is 4.79 Å². The van der Waals surface area contributed by atoms with Crippen LogP contribution in [0.3, 0.4) is 0 Å². The smallest absolute Gasteiger partial charge is 0.258 e. The molecule has 1 amide bonds. The minimum Gasteiger partial charge on any atom is -0.350 e. The lowest BCUT2D eigenvalue weighted by Crippen LogP contribution is -2.13. The van der Waals surface area contributed by atoms with Crippen molar-refractivity contribution in [1.29, 1.82) is 0 Å². The predicted octanol–water partition coefficient (Wildman–Crippen LogP) is 3.99. The fourth-order valence-corrected chi connectivity index (χ4v) is 2.28. The lowest BCUT2D eigenvalue weighted by molar-refractivity contribution is 0.102. The molecule has 0 aliphatic carbocycles. The number of halogens is 1. The number of nitrogens with one attached hydrogen (secondary N) is 2. The first kappa shape index (κ1) is 16.0. The Morgan fingerprint density at radius 2 is 1.62 bits per heavy atom. The molecule has 0 atom stereocenters. The second-order valence-corrected chi connectivity index (χ2v) is 5.47. The van der Waals surface area contributed by atoms with E-state index in [0.29, 0.717) is 23.1 Å². The molecule has 1 aromatic heterocycles. The van der Waals surface area contributed by atoms with Crippen molar-refractivity contribution in [3.05, 3.63) is 83.1 Å². The third kappa shape index (κ3) is 4.08. The van der Waals surface area contributed by atoms with Gasteiger partial charge in [0.05, 0.1) is 5.56 Å². The quantitative estimate of drug-likeness (QED) is 0.738. The molecule has 2 aromatic carbocycles. The summed E-state index contributed by atoms with van der Waals surface area (Å²) in [5.74, 6) is 0.185. The summed E-state index contributed by atoms with van der Waals surface area (Å²) in [6, 6.07) is 16.8. The van der Waals surface area contributed by atoms with E-state index >= 15 is 0 Å². The zero-order valence-corrected chi connectivity index (χ0v) is 13.5. The van der Waals surface area contributed by atoms with Crippen LogP contribution in [-0.4, -0.2) is 15.9 Å². The molecule has 24 heavy (non-hydrogen) atoms. The minimum absolute atomic E-state index is 0.251. The maximum absolute atomic E-state index is 12.1. The van der Waals surface area contributed by atoms with Crippen molar-refractivity contribution in [3.63, 3.8) is 0 Å². The Bertz CT molecular complexity index is 822. The third-order valence-corrected chi connectivity index (χ3v) is 3.71. The number of amides is 1. The van der Waals surface area contributed by atoms with Crippen LogP contribution in [0.2, 0.25) is 5.02 Å². The number of aromatic nitrogens is 2. The van der Waals surface area contributed by atoms with E-state index in [2.05, 4.69) is 20.6 Å². The first-order chi connectivity index (χ1) is 11.7. The number of benzene rings is 2. The van der Waals surface area contributed by atoms with Gasteiger partial charge in [0.1, 0.15) is 0 Å². The summed E-state index contributed by atoms with van der Waals surface area (Å²) in [4.78, 5) is 20.4. The van der Waals surface area contributed by atoms with Crippen molar-refractivity contribution >= 4 is 29.1 Å². The highest BCUT2D eigenvalue weighted by atomic mass is 35.5. The third-order valence-electron chi connectivity index (χ3n) is 3.34. The number of para-hydroxylation sites is 1. The number of rotatable bonds is 5. The Balaban J connectivity index is 1.61. The van der Waals surface area contributed by atoms with Gasteiger partial charge in [-0.1, -0.05) is 48.0 Å². The van der Waals surface area contributed by atoms with E-state index in [9.17, 15) is 4.79 Å². The van der Waals surface area contributed by atoms with Crippen LogP contribution < -0.4 is 10.6 Å². The molecule has 0 aliphatic heterocycles. The molecule has 0 aliphatic rings. The van der Waals surface area contributed by atoms with Gasteiger partial charge < -0.3 is 10.6 Å². The van der Waals surface area contributed by atoms with Crippen molar-refractivity contribution in [2.45, 2.75) is 6.54 Å². The lowest BCUT2D eigenvalue weighted by atomic mass is 10.2. The molecule has 0 spiro atoms. The molecule has 3 rings (SSSR count). The molecule has 0 radical (unpaired) electrons. The summed E-state index contributed by atoms with van der Waals surface area (Å²) in [7, 11) is 0. The minimum atomic E-state index is -0.251. The average Bonchev–Trinajstić information content (AvgIpc) is 2.62. The standard InChI is InChI=1S/C18H15ClN4O/c19-16-9-5-4-6-13(16)10-20-18-21-11-14(12-22-18)17(24)23-15-7-2-1-3-8-15/h1-9,11-12H,10H2,(H,23,24)(H,20,21,22). The second kappa shape index (κ2) is 7.57. The Morgan fingerprint density at radius 3 is 2.33 bits per heavy atom. The van der Waals surface area contributed by atoms with Crippen LogP contribution in [0, 0.1) is 0 Å². The Kier molecular flexibility index (Phi) is 5.03. The summed E-state index contributed by atoms with van der Waals surface area (Å²) in [6.07, 6.45) is 2.97. The van der Waals surface area contributed by atoms with Gasteiger partial charge in [0.25, 0.3) is 5.91 Å². The Labute approximate surface area is 144 Å². The highest BCUT2D eigenvalue weighted by molar-refractivity contribution is 6.31. The van der Waals surface area contributed by atoms with Crippen molar-refractivity contribution in [2.75, 3.05) is 10.6 Å². The zero-order valence-electron chi connectivity index (χ0n) is 12.7. The van der Waals surface area contributed by atoms with Gasteiger partial charge in [0, 0.05) is 29.6 Å². The van der Waals surface area contributed by atoms with Crippen LogP contribution in [0.1, 0.15) is 15.9 Å². The van der Waals surface area contributed by atoms with Gasteiger partial charge in [-0.25, -0.2) is 9.97 Å². The molecule has 5 nitrogen and oxygen atoms in total. The van der Waals surface area contributed by atoms with E-state index in [1.54, 1.807) is 0 Å². The van der Waals surface area contributed by atoms with Gasteiger partial charge >= 0.3 is 0 Å². The maximum atomic E-state index is 12.1. The summed E-state index contributed by atoms with van der Waals surface area (Å²) < 4.78 is 0. The van der Waals surface area contributed by atoms with Gasteiger partial charge in [0.15, 0.2) is 0 Å². The number of carbonyl (C=O) groups excluding carboxylic acids is 1. The Morgan fingerprint density at radius 1 is 0.958 bits per heavy atom. The molecule has 0 saturated carbocycles. The van der Waals surface area contributed by atoms with Crippen LogP contribution >= 0.6 is 11.6 Å². The zero-order chi connectivity index (χ0) is 16.8. The monoisotopic (exact) mass is 338 g/mol. The molecular weight excluding hydrogens is 324 g/mol. The first-order valence-electron chi connectivity index (χ1n) is 7.38. The largest absolute Gasteiger partial charge is 0.350 e. The van der Waals surface area contributed by atoms with Crippen molar-refractivity contribution in [1.82, 2.24) is 9.97 Å². The molecule has 0 saturated heterocycles. The molecule has 0 bridgehead atoms. The SMILES string of the molecule is O=C(Nc1ccccc1)c1cnc(NCc2ccccc2Cl)nc1. The maximum Gasteiger partial charge on any atom is 0.258 e. The fraction of sp³-hybridized carbons (Fsp3) is 0.0556. The van der Waals surface area contributed by atoms with Gasteiger partial charge in [-0.05, 0) is 23.8 Å². The molecule has 0 unspecified atom stereocenters. The van der Waals surface area contributed by atoms with Gasteiger partial charge in [-0.3, -0.25) is 4.79 Å². The normalized spacial score (nSPS) is 10.2.